The maximum Gasteiger partial charge on any atom is 0.213 e. The Bertz CT molecular complexity index is 2300. The zero-order valence-electron chi connectivity index (χ0n) is 28.5. The first-order valence-electron chi connectivity index (χ1n) is 16.7. The van der Waals surface area contributed by atoms with Crippen LogP contribution < -0.4 is 9.47 Å². The lowest BCUT2D eigenvalue weighted by molar-refractivity contribution is 0.398. The van der Waals surface area contributed by atoms with Crippen molar-refractivity contribution in [1.82, 2.24) is 29.9 Å². The first-order valence-corrected chi connectivity index (χ1v) is 16.7. The molecule has 8 nitrogen and oxygen atoms in total. The fourth-order valence-electron chi connectivity index (χ4n) is 6.00. The van der Waals surface area contributed by atoms with Crippen LogP contribution in [0, 0.1) is 0 Å². The highest BCUT2D eigenvalue weighted by Gasteiger charge is 2.14. The Hall–Kier alpha value is -7.06. The van der Waals surface area contributed by atoms with Crippen LogP contribution in [0.4, 0.5) is 0 Å². The van der Waals surface area contributed by atoms with E-state index in [9.17, 15) is 0 Å². The summed E-state index contributed by atoms with van der Waals surface area (Å²) in [6, 6.07) is 48.4. The molecule has 52 heavy (non-hydrogen) atoms. The summed E-state index contributed by atoms with van der Waals surface area (Å²) in [5.41, 5.74) is 12.4. The highest BCUT2D eigenvalue weighted by atomic mass is 16.5. The van der Waals surface area contributed by atoms with Gasteiger partial charge in [0.2, 0.25) is 11.8 Å². The second kappa shape index (κ2) is 14.4. The molecule has 0 spiro atoms. The minimum Gasteiger partial charge on any atom is -0.481 e. The molecule has 0 aliphatic rings. The first kappa shape index (κ1) is 32.2. The van der Waals surface area contributed by atoms with E-state index in [0.29, 0.717) is 11.8 Å². The van der Waals surface area contributed by atoms with Crippen LogP contribution in [-0.4, -0.2) is 44.1 Å². The lowest BCUT2D eigenvalue weighted by Crippen LogP contribution is -1.95. The van der Waals surface area contributed by atoms with Gasteiger partial charge in [-0.05, 0) is 94.0 Å². The van der Waals surface area contributed by atoms with Crippen molar-refractivity contribution in [2.75, 3.05) is 14.2 Å². The maximum atomic E-state index is 5.39. The lowest BCUT2D eigenvalue weighted by Gasteiger charge is -2.12. The maximum absolute atomic E-state index is 5.39. The summed E-state index contributed by atoms with van der Waals surface area (Å²) < 4.78 is 10.8. The molecule has 8 heteroatoms. The molecule has 2 aromatic carbocycles. The van der Waals surface area contributed by atoms with E-state index in [2.05, 4.69) is 92.7 Å². The number of hydrogen-bond acceptors (Lipinski definition) is 8. The van der Waals surface area contributed by atoms with Gasteiger partial charge in [-0.15, -0.1) is 0 Å². The smallest absolute Gasteiger partial charge is 0.213 e. The van der Waals surface area contributed by atoms with Crippen molar-refractivity contribution >= 4 is 0 Å². The van der Waals surface area contributed by atoms with Gasteiger partial charge in [0.05, 0.1) is 59.8 Å². The number of nitrogens with zero attached hydrogens (tertiary/aromatic N) is 6. The van der Waals surface area contributed by atoms with Crippen LogP contribution in [0.5, 0.6) is 11.8 Å². The molecule has 0 fully saturated rings. The van der Waals surface area contributed by atoms with Gasteiger partial charge in [-0.3, -0.25) is 9.97 Å². The summed E-state index contributed by atoms with van der Waals surface area (Å²) in [4.78, 5) is 28.3. The Morgan fingerprint density at radius 3 is 1.00 bits per heavy atom. The zero-order valence-corrected chi connectivity index (χ0v) is 28.5. The Labute approximate surface area is 301 Å². The van der Waals surface area contributed by atoms with E-state index in [1.54, 1.807) is 26.6 Å². The number of aromatic nitrogens is 6. The molecule has 0 aliphatic carbocycles. The van der Waals surface area contributed by atoms with Crippen LogP contribution in [0.25, 0.3) is 78.9 Å². The molecule has 0 saturated heterocycles. The van der Waals surface area contributed by atoms with Crippen molar-refractivity contribution in [1.29, 1.82) is 0 Å². The van der Waals surface area contributed by atoms with E-state index in [1.807, 2.05) is 72.8 Å². The molecule has 8 aromatic rings. The fourth-order valence-corrected chi connectivity index (χ4v) is 6.00. The quantitative estimate of drug-likeness (QED) is 0.149. The van der Waals surface area contributed by atoms with Crippen LogP contribution in [0.1, 0.15) is 0 Å². The van der Waals surface area contributed by atoms with Crippen LogP contribution in [-0.2, 0) is 0 Å². The van der Waals surface area contributed by atoms with Gasteiger partial charge in [-0.1, -0.05) is 72.8 Å². The average molecular weight is 677 g/mol. The second-order valence-electron chi connectivity index (χ2n) is 12.0. The van der Waals surface area contributed by atoms with E-state index in [4.69, 9.17) is 19.4 Å². The normalized spacial score (nSPS) is 10.9. The van der Waals surface area contributed by atoms with E-state index >= 15 is 0 Å². The molecule has 8 rings (SSSR count). The Balaban J connectivity index is 1.12. The largest absolute Gasteiger partial charge is 0.481 e. The van der Waals surface area contributed by atoms with Gasteiger partial charge >= 0.3 is 0 Å². The molecule has 0 atom stereocenters. The average Bonchev–Trinajstić information content (AvgIpc) is 3.24. The van der Waals surface area contributed by atoms with Crippen LogP contribution >= 0.6 is 0 Å². The van der Waals surface area contributed by atoms with Crippen molar-refractivity contribution in [2.24, 2.45) is 0 Å². The van der Waals surface area contributed by atoms with E-state index in [1.165, 1.54) is 0 Å². The van der Waals surface area contributed by atoms with Gasteiger partial charge < -0.3 is 9.47 Å². The molecular weight excluding hydrogens is 645 g/mol. The SMILES string of the molecule is COc1cccc(-c2cc(-c3ccc(-c4ccc(-c5cc(-c6ccccn6)nc(-c6cccc(OC)n6)c5)cc4)cc3)cc(-c3ccccn3)n2)n1. The Kier molecular flexibility index (Phi) is 8.92. The Morgan fingerprint density at radius 1 is 0.308 bits per heavy atom. The number of rotatable bonds is 9. The predicted molar refractivity (Wildman–Crippen MR) is 204 cm³/mol. The third-order valence-electron chi connectivity index (χ3n) is 8.67. The lowest BCUT2D eigenvalue weighted by atomic mass is 9.97. The standard InChI is InChI=1S/C44H32N6O2/c1-51-43-13-7-11-37(49-43)41-27-33(25-39(47-41)35-9-3-5-23-45-35)31-19-15-29(16-20-31)30-17-21-32(22-18-30)34-26-40(36-10-4-6-24-46-36)48-42(28-34)38-12-8-14-44(50-38)52-2/h3-28H,1-2H3. The molecule has 0 bridgehead atoms. The monoisotopic (exact) mass is 676 g/mol. The number of pyridine rings is 6. The van der Waals surface area contributed by atoms with Crippen molar-refractivity contribution < 1.29 is 9.47 Å². The van der Waals surface area contributed by atoms with Crippen molar-refractivity contribution in [3.8, 4) is 90.7 Å². The second-order valence-corrected chi connectivity index (χ2v) is 12.0. The van der Waals surface area contributed by atoms with Gasteiger partial charge in [-0.25, -0.2) is 19.9 Å². The molecule has 0 unspecified atom stereocenters. The summed E-state index contributed by atoms with van der Waals surface area (Å²) in [6.45, 7) is 0. The van der Waals surface area contributed by atoms with Gasteiger partial charge in [0, 0.05) is 24.5 Å². The van der Waals surface area contributed by atoms with Gasteiger partial charge in [0.25, 0.3) is 0 Å². The molecule has 0 saturated carbocycles. The highest BCUT2D eigenvalue weighted by Crippen LogP contribution is 2.33. The molecule has 6 heterocycles. The van der Waals surface area contributed by atoms with Crippen molar-refractivity contribution in [3.63, 3.8) is 0 Å². The predicted octanol–water partition coefficient (Wildman–Crippen LogP) is 9.74. The first-order chi connectivity index (χ1) is 25.6. The minimum atomic E-state index is 0.534. The van der Waals surface area contributed by atoms with Gasteiger partial charge in [-0.2, -0.15) is 0 Å². The van der Waals surface area contributed by atoms with Crippen LogP contribution in [0.2, 0.25) is 0 Å². The summed E-state index contributed by atoms with van der Waals surface area (Å²) >= 11 is 0. The molecule has 0 radical (unpaired) electrons. The van der Waals surface area contributed by atoms with Crippen LogP contribution in [0.15, 0.2) is 158 Å². The number of benzene rings is 2. The fraction of sp³-hybridized carbons (Fsp3) is 0.0455. The van der Waals surface area contributed by atoms with E-state index in [0.717, 1.165) is 78.9 Å². The van der Waals surface area contributed by atoms with E-state index in [-0.39, 0.29) is 0 Å². The Morgan fingerprint density at radius 2 is 0.654 bits per heavy atom. The topological polar surface area (TPSA) is 95.8 Å². The summed E-state index contributed by atoms with van der Waals surface area (Å²) in [6.07, 6.45) is 3.55. The van der Waals surface area contributed by atoms with Crippen LogP contribution in [0.3, 0.4) is 0 Å². The summed E-state index contributed by atoms with van der Waals surface area (Å²) in [7, 11) is 3.22. The van der Waals surface area contributed by atoms with Crippen molar-refractivity contribution in [2.45, 2.75) is 0 Å². The van der Waals surface area contributed by atoms with Gasteiger partial charge in [0.1, 0.15) is 0 Å². The molecule has 0 amide bonds. The molecular formula is C44H32N6O2. The van der Waals surface area contributed by atoms with Gasteiger partial charge in [0.15, 0.2) is 0 Å². The van der Waals surface area contributed by atoms with Crippen molar-refractivity contribution in [3.05, 3.63) is 158 Å². The molecule has 0 N–H and O–H groups in total. The van der Waals surface area contributed by atoms with E-state index < -0.39 is 0 Å². The number of methoxy groups -OCH3 is 2. The number of hydrogen-bond donors (Lipinski definition) is 0. The minimum absolute atomic E-state index is 0.534. The third kappa shape index (κ3) is 6.86. The third-order valence-corrected chi connectivity index (χ3v) is 8.67. The summed E-state index contributed by atoms with van der Waals surface area (Å²) in [5.74, 6) is 1.07. The zero-order chi connectivity index (χ0) is 35.3. The highest BCUT2D eigenvalue weighted by molar-refractivity contribution is 5.79. The molecule has 250 valence electrons. The molecule has 0 aliphatic heterocycles. The summed E-state index contributed by atoms with van der Waals surface area (Å²) in [5, 5.41) is 0. The molecule has 6 aromatic heterocycles. The number of ether oxygens (including phenoxy) is 2.